The van der Waals surface area contributed by atoms with Gasteiger partial charge in [-0.3, -0.25) is 4.79 Å². The minimum absolute atomic E-state index is 0.0231. The van der Waals surface area contributed by atoms with E-state index in [1.54, 1.807) is 7.05 Å². The molecule has 1 aliphatic carbocycles. The molecule has 1 saturated carbocycles. The number of carbonyl (C=O) groups is 1. The van der Waals surface area contributed by atoms with Gasteiger partial charge in [0.2, 0.25) is 5.91 Å². The zero-order valence-electron chi connectivity index (χ0n) is 6.13. The van der Waals surface area contributed by atoms with E-state index in [2.05, 4.69) is 5.32 Å². The van der Waals surface area contributed by atoms with Crippen molar-refractivity contribution >= 4 is 5.91 Å². The highest BCUT2D eigenvalue weighted by molar-refractivity contribution is 5.79. The van der Waals surface area contributed by atoms with Crippen LogP contribution in [0.2, 0.25) is 0 Å². The Kier molecular flexibility index (Phi) is 2.27. The predicted molar refractivity (Wildman–Crippen MR) is 37.4 cm³/mol. The Bertz CT molecular complexity index is 136. The van der Waals surface area contributed by atoms with Gasteiger partial charge in [-0.15, -0.1) is 0 Å². The predicted octanol–water partition coefficient (Wildman–Crippen LogP) is -0.107. The highest BCUT2D eigenvalue weighted by Gasteiger charge is 2.30. The summed E-state index contributed by atoms with van der Waals surface area (Å²) in [6.45, 7) is 0. The van der Waals surface area contributed by atoms with Crippen LogP contribution < -0.4 is 5.32 Å². The summed E-state index contributed by atoms with van der Waals surface area (Å²) < 4.78 is 0. The van der Waals surface area contributed by atoms with Crippen molar-refractivity contribution in [3.8, 4) is 0 Å². The van der Waals surface area contributed by atoms with E-state index in [4.69, 9.17) is 0 Å². The van der Waals surface area contributed by atoms with E-state index >= 15 is 0 Å². The number of hydrogen-bond acceptors (Lipinski definition) is 2. The number of hydrogen-bond donors (Lipinski definition) is 2. The van der Waals surface area contributed by atoms with Gasteiger partial charge in [0, 0.05) is 7.05 Å². The molecule has 1 aliphatic rings. The fourth-order valence-corrected chi connectivity index (χ4v) is 1.43. The number of nitrogens with one attached hydrogen (secondary N) is 1. The average Bonchev–Trinajstić information content (AvgIpc) is 2.34. The molecule has 1 amide bonds. The average molecular weight is 143 g/mol. The van der Waals surface area contributed by atoms with E-state index in [-0.39, 0.29) is 11.8 Å². The van der Waals surface area contributed by atoms with Crippen LogP contribution in [-0.4, -0.2) is 24.2 Å². The SMILES string of the molecule is CNC(=O)[C@@H]1CCC[C@@H]1O. The fraction of sp³-hybridized carbons (Fsp3) is 0.857. The van der Waals surface area contributed by atoms with Crippen LogP contribution in [0.3, 0.4) is 0 Å². The summed E-state index contributed by atoms with van der Waals surface area (Å²) in [4.78, 5) is 11.0. The first-order valence-corrected chi connectivity index (χ1v) is 3.65. The molecular weight excluding hydrogens is 130 g/mol. The summed E-state index contributed by atoms with van der Waals surface area (Å²) in [6, 6.07) is 0. The third-order valence-corrected chi connectivity index (χ3v) is 2.06. The molecule has 0 spiro atoms. The van der Waals surface area contributed by atoms with Crippen molar-refractivity contribution in [3.63, 3.8) is 0 Å². The second-order valence-corrected chi connectivity index (χ2v) is 2.72. The molecule has 2 N–H and O–H groups in total. The summed E-state index contributed by atoms with van der Waals surface area (Å²) in [5, 5.41) is 11.8. The number of carbonyl (C=O) groups excluding carboxylic acids is 1. The van der Waals surface area contributed by atoms with Crippen LogP contribution in [0.5, 0.6) is 0 Å². The molecule has 58 valence electrons. The van der Waals surface area contributed by atoms with Crippen LogP contribution in [0.25, 0.3) is 0 Å². The number of rotatable bonds is 1. The van der Waals surface area contributed by atoms with Gasteiger partial charge < -0.3 is 10.4 Å². The first-order chi connectivity index (χ1) is 4.75. The zero-order chi connectivity index (χ0) is 7.56. The Balaban J connectivity index is 2.46. The summed E-state index contributed by atoms with van der Waals surface area (Å²) in [7, 11) is 1.60. The molecule has 0 aromatic heterocycles. The quantitative estimate of drug-likeness (QED) is 0.538. The van der Waals surface area contributed by atoms with E-state index in [0.717, 1.165) is 19.3 Å². The van der Waals surface area contributed by atoms with E-state index in [9.17, 15) is 9.90 Å². The fourth-order valence-electron chi connectivity index (χ4n) is 1.43. The third kappa shape index (κ3) is 1.29. The van der Waals surface area contributed by atoms with Gasteiger partial charge in [-0.25, -0.2) is 0 Å². The summed E-state index contributed by atoms with van der Waals surface area (Å²) in [6.07, 6.45) is 2.18. The van der Waals surface area contributed by atoms with Crippen LogP contribution in [0.4, 0.5) is 0 Å². The molecule has 1 fully saturated rings. The van der Waals surface area contributed by atoms with Crippen LogP contribution in [0.1, 0.15) is 19.3 Å². The second kappa shape index (κ2) is 3.01. The minimum atomic E-state index is -0.403. The molecule has 1 rings (SSSR count). The van der Waals surface area contributed by atoms with Crippen molar-refractivity contribution < 1.29 is 9.90 Å². The molecule has 0 aliphatic heterocycles. The van der Waals surface area contributed by atoms with Gasteiger partial charge in [0.1, 0.15) is 0 Å². The molecule has 0 saturated heterocycles. The van der Waals surface area contributed by atoms with Crippen molar-refractivity contribution in [2.75, 3.05) is 7.05 Å². The Morgan fingerprint density at radius 3 is 2.70 bits per heavy atom. The van der Waals surface area contributed by atoms with E-state index < -0.39 is 6.10 Å². The van der Waals surface area contributed by atoms with Gasteiger partial charge in [0.25, 0.3) is 0 Å². The van der Waals surface area contributed by atoms with Crippen molar-refractivity contribution in [1.82, 2.24) is 5.32 Å². The smallest absolute Gasteiger partial charge is 0.225 e. The van der Waals surface area contributed by atoms with Crippen LogP contribution >= 0.6 is 0 Å². The van der Waals surface area contributed by atoms with Gasteiger partial charge >= 0.3 is 0 Å². The zero-order valence-corrected chi connectivity index (χ0v) is 6.13. The molecule has 10 heavy (non-hydrogen) atoms. The summed E-state index contributed by atoms with van der Waals surface area (Å²) in [5.41, 5.74) is 0. The number of aliphatic hydroxyl groups excluding tert-OH is 1. The Hall–Kier alpha value is -0.570. The van der Waals surface area contributed by atoms with Gasteiger partial charge in [-0.2, -0.15) is 0 Å². The lowest BCUT2D eigenvalue weighted by molar-refractivity contribution is -0.126. The lowest BCUT2D eigenvalue weighted by atomic mass is 10.1. The molecule has 2 atom stereocenters. The number of aliphatic hydroxyl groups is 1. The van der Waals surface area contributed by atoms with E-state index in [1.165, 1.54) is 0 Å². The molecule has 0 radical (unpaired) electrons. The summed E-state index contributed by atoms with van der Waals surface area (Å²) in [5.74, 6) is -0.171. The lowest BCUT2D eigenvalue weighted by Crippen LogP contribution is -2.32. The van der Waals surface area contributed by atoms with Crippen molar-refractivity contribution in [1.29, 1.82) is 0 Å². The van der Waals surface area contributed by atoms with Crippen molar-refractivity contribution in [2.45, 2.75) is 25.4 Å². The molecule has 0 unspecified atom stereocenters. The standard InChI is InChI=1S/C7H13NO2/c1-8-7(10)5-3-2-4-6(5)9/h5-6,9H,2-4H2,1H3,(H,8,10)/t5-,6+/m1/s1. The highest BCUT2D eigenvalue weighted by atomic mass is 16.3. The maximum Gasteiger partial charge on any atom is 0.225 e. The maximum atomic E-state index is 11.0. The largest absolute Gasteiger partial charge is 0.392 e. The molecule has 0 aromatic rings. The monoisotopic (exact) mass is 143 g/mol. The first-order valence-electron chi connectivity index (χ1n) is 3.65. The Morgan fingerprint density at radius 2 is 2.30 bits per heavy atom. The lowest BCUT2D eigenvalue weighted by Gasteiger charge is -2.11. The minimum Gasteiger partial charge on any atom is -0.392 e. The molecular formula is C7H13NO2. The number of amides is 1. The van der Waals surface area contributed by atoms with Crippen LogP contribution in [-0.2, 0) is 4.79 Å². The first kappa shape index (κ1) is 7.54. The maximum absolute atomic E-state index is 11.0. The Morgan fingerprint density at radius 1 is 1.60 bits per heavy atom. The van der Waals surface area contributed by atoms with Crippen molar-refractivity contribution in [2.24, 2.45) is 5.92 Å². The van der Waals surface area contributed by atoms with Gasteiger partial charge in [0.05, 0.1) is 12.0 Å². The topological polar surface area (TPSA) is 49.3 Å². The molecule has 3 heteroatoms. The van der Waals surface area contributed by atoms with Gasteiger partial charge in [0.15, 0.2) is 0 Å². The van der Waals surface area contributed by atoms with E-state index in [1.807, 2.05) is 0 Å². The van der Waals surface area contributed by atoms with Crippen LogP contribution in [0, 0.1) is 5.92 Å². The van der Waals surface area contributed by atoms with Gasteiger partial charge in [-0.1, -0.05) is 0 Å². The molecule has 0 bridgehead atoms. The van der Waals surface area contributed by atoms with Gasteiger partial charge in [-0.05, 0) is 19.3 Å². The Labute approximate surface area is 60.4 Å². The van der Waals surface area contributed by atoms with Crippen molar-refractivity contribution in [3.05, 3.63) is 0 Å². The third-order valence-electron chi connectivity index (χ3n) is 2.06. The molecule has 0 aromatic carbocycles. The molecule has 0 heterocycles. The van der Waals surface area contributed by atoms with E-state index in [0.29, 0.717) is 0 Å². The van der Waals surface area contributed by atoms with Crippen LogP contribution in [0.15, 0.2) is 0 Å². The highest BCUT2D eigenvalue weighted by Crippen LogP contribution is 2.25. The second-order valence-electron chi connectivity index (χ2n) is 2.72. The summed E-state index contributed by atoms with van der Waals surface area (Å²) >= 11 is 0. The molecule has 3 nitrogen and oxygen atoms in total. The normalized spacial score (nSPS) is 32.2.